The third-order valence-electron chi connectivity index (χ3n) is 3.15. The number of ether oxygens (including phenoxy) is 1. The lowest BCUT2D eigenvalue weighted by molar-refractivity contribution is -0.385. The molecule has 120 valence electrons. The van der Waals surface area contributed by atoms with Crippen LogP contribution in [0.25, 0.3) is 11.4 Å². The van der Waals surface area contributed by atoms with Gasteiger partial charge in [0, 0.05) is 11.6 Å². The van der Waals surface area contributed by atoms with E-state index in [9.17, 15) is 14.9 Å². The topological polar surface area (TPSA) is 108 Å². The fraction of sp³-hybridized carbons (Fsp3) is 0.0625. The minimum Gasteiger partial charge on any atom is -0.452 e. The highest BCUT2D eigenvalue weighted by Crippen LogP contribution is 2.19. The number of nitrogens with zero attached hydrogens (tertiary/aromatic N) is 3. The fourth-order valence-corrected chi connectivity index (χ4v) is 2.03. The number of aromatic nitrogens is 2. The number of nitro benzene ring substituents is 1. The summed E-state index contributed by atoms with van der Waals surface area (Å²) in [4.78, 5) is 26.4. The molecule has 0 aliphatic carbocycles. The Morgan fingerprint density at radius 2 is 1.83 bits per heavy atom. The maximum absolute atomic E-state index is 12.0. The molecule has 0 aliphatic heterocycles. The van der Waals surface area contributed by atoms with Crippen LogP contribution >= 0.6 is 0 Å². The summed E-state index contributed by atoms with van der Waals surface area (Å²) < 4.78 is 10.0. The van der Waals surface area contributed by atoms with E-state index in [0.29, 0.717) is 5.82 Å². The van der Waals surface area contributed by atoms with Gasteiger partial charge in [-0.15, -0.1) is 0 Å². The highest BCUT2D eigenvalue weighted by atomic mass is 16.6. The molecule has 0 unspecified atom stereocenters. The molecular formula is C16H11N3O5. The summed E-state index contributed by atoms with van der Waals surface area (Å²) in [5.41, 5.74) is 0.306. The van der Waals surface area contributed by atoms with Gasteiger partial charge in [-0.2, -0.15) is 4.98 Å². The highest BCUT2D eigenvalue weighted by Gasteiger charge is 2.21. The van der Waals surface area contributed by atoms with Crippen molar-refractivity contribution in [3.8, 4) is 11.4 Å². The first-order valence-electron chi connectivity index (χ1n) is 6.93. The van der Waals surface area contributed by atoms with Crippen molar-refractivity contribution < 1.29 is 19.0 Å². The van der Waals surface area contributed by atoms with Crippen LogP contribution in [-0.4, -0.2) is 21.0 Å². The number of carbonyl (C=O) groups is 1. The number of para-hydroxylation sites is 1. The SMILES string of the molecule is O=C(OCc1nc(-c2ccccc2)no1)c1ccccc1[N+](=O)[O-]. The smallest absolute Gasteiger partial charge is 0.345 e. The van der Waals surface area contributed by atoms with Crippen LogP contribution in [0.3, 0.4) is 0 Å². The molecule has 24 heavy (non-hydrogen) atoms. The second kappa shape index (κ2) is 6.69. The van der Waals surface area contributed by atoms with Gasteiger partial charge in [0.25, 0.3) is 11.6 Å². The van der Waals surface area contributed by atoms with Crippen molar-refractivity contribution in [1.82, 2.24) is 10.1 Å². The maximum Gasteiger partial charge on any atom is 0.345 e. The Kier molecular flexibility index (Phi) is 4.28. The van der Waals surface area contributed by atoms with E-state index in [1.165, 1.54) is 24.3 Å². The van der Waals surface area contributed by atoms with Gasteiger partial charge in [0.05, 0.1) is 4.92 Å². The van der Waals surface area contributed by atoms with E-state index in [1.807, 2.05) is 30.3 Å². The molecular weight excluding hydrogens is 314 g/mol. The minimum atomic E-state index is -0.832. The summed E-state index contributed by atoms with van der Waals surface area (Å²) in [6, 6.07) is 14.7. The van der Waals surface area contributed by atoms with Crippen molar-refractivity contribution in [3.63, 3.8) is 0 Å². The van der Waals surface area contributed by atoms with Gasteiger partial charge in [0.1, 0.15) is 5.56 Å². The predicted octanol–water partition coefficient (Wildman–Crippen LogP) is 3.00. The van der Waals surface area contributed by atoms with Crippen LogP contribution in [0.15, 0.2) is 59.1 Å². The quantitative estimate of drug-likeness (QED) is 0.403. The Morgan fingerprint density at radius 1 is 1.12 bits per heavy atom. The molecule has 2 aromatic carbocycles. The van der Waals surface area contributed by atoms with Crippen LogP contribution in [0.4, 0.5) is 5.69 Å². The zero-order chi connectivity index (χ0) is 16.9. The molecule has 0 atom stereocenters. The highest BCUT2D eigenvalue weighted by molar-refractivity contribution is 5.93. The molecule has 3 rings (SSSR count). The van der Waals surface area contributed by atoms with Crippen LogP contribution in [0, 0.1) is 10.1 Å². The molecule has 1 heterocycles. The second-order valence-electron chi connectivity index (χ2n) is 4.73. The zero-order valence-electron chi connectivity index (χ0n) is 12.3. The van der Waals surface area contributed by atoms with Gasteiger partial charge in [-0.1, -0.05) is 47.6 Å². The van der Waals surface area contributed by atoms with E-state index in [-0.39, 0.29) is 23.7 Å². The van der Waals surface area contributed by atoms with Gasteiger partial charge in [-0.05, 0) is 6.07 Å². The molecule has 0 radical (unpaired) electrons. The monoisotopic (exact) mass is 325 g/mol. The third-order valence-corrected chi connectivity index (χ3v) is 3.15. The average Bonchev–Trinajstić information content (AvgIpc) is 3.09. The first-order valence-corrected chi connectivity index (χ1v) is 6.93. The van der Waals surface area contributed by atoms with E-state index in [0.717, 1.165) is 5.56 Å². The molecule has 3 aromatic rings. The van der Waals surface area contributed by atoms with Crippen molar-refractivity contribution in [2.45, 2.75) is 6.61 Å². The molecule has 0 aliphatic rings. The fourth-order valence-electron chi connectivity index (χ4n) is 2.03. The molecule has 0 saturated heterocycles. The number of hydrogen-bond acceptors (Lipinski definition) is 7. The van der Waals surface area contributed by atoms with Crippen molar-refractivity contribution in [2.24, 2.45) is 0 Å². The van der Waals surface area contributed by atoms with Crippen LogP contribution in [-0.2, 0) is 11.3 Å². The Morgan fingerprint density at radius 3 is 2.58 bits per heavy atom. The third kappa shape index (κ3) is 3.27. The minimum absolute atomic E-state index is 0.0980. The largest absolute Gasteiger partial charge is 0.452 e. The molecule has 0 spiro atoms. The Labute approximate surface area is 135 Å². The molecule has 8 nitrogen and oxygen atoms in total. The first kappa shape index (κ1) is 15.3. The number of rotatable bonds is 5. The second-order valence-corrected chi connectivity index (χ2v) is 4.73. The standard InChI is InChI=1S/C16H11N3O5/c20-16(12-8-4-5-9-13(12)19(21)22)23-10-14-17-15(18-24-14)11-6-2-1-3-7-11/h1-9H,10H2. The summed E-state index contributed by atoms with van der Waals surface area (Å²) in [5, 5.41) is 14.7. The molecule has 1 aromatic heterocycles. The Bertz CT molecular complexity index is 876. The molecule has 0 amide bonds. The summed E-state index contributed by atoms with van der Waals surface area (Å²) in [7, 11) is 0. The number of esters is 1. The molecule has 0 fully saturated rings. The summed E-state index contributed by atoms with van der Waals surface area (Å²) in [6.45, 7) is -0.273. The summed E-state index contributed by atoms with van der Waals surface area (Å²) in [6.07, 6.45) is 0. The first-order chi connectivity index (χ1) is 11.6. The lowest BCUT2D eigenvalue weighted by atomic mass is 10.2. The lowest BCUT2D eigenvalue weighted by Gasteiger charge is -2.02. The number of benzene rings is 2. The van der Waals surface area contributed by atoms with E-state index in [4.69, 9.17) is 9.26 Å². The van der Waals surface area contributed by atoms with Gasteiger partial charge in [-0.3, -0.25) is 10.1 Å². The van der Waals surface area contributed by atoms with Crippen molar-refractivity contribution in [1.29, 1.82) is 0 Å². The lowest BCUT2D eigenvalue weighted by Crippen LogP contribution is -2.08. The number of hydrogen-bond donors (Lipinski definition) is 0. The van der Waals surface area contributed by atoms with Gasteiger partial charge < -0.3 is 9.26 Å². The summed E-state index contributed by atoms with van der Waals surface area (Å²) in [5.74, 6) is -0.366. The van der Waals surface area contributed by atoms with Gasteiger partial charge >= 0.3 is 5.97 Å². The molecule has 0 bridgehead atoms. The van der Waals surface area contributed by atoms with Crippen molar-refractivity contribution in [2.75, 3.05) is 0 Å². The number of carbonyl (C=O) groups excluding carboxylic acids is 1. The molecule has 0 saturated carbocycles. The van der Waals surface area contributed by atoms with Crippen LogP contribution in [0.5, 0.6) is 0 Å². The van der Waals surface area contributed by atoms with Crippen LogP contribution in [0.2, 0.25) is 0 Å². The molecule has 8 heteroatoms. The summed E-state index contributed by atoms with van der Waals surface area (Å²) >= 11 is 0. The van der Waals surface area contributed by atoms with E-state index in [2.05, 4.69) is 10.1 Å². The van der Waals surface area contributed by atoms with Gasteiger partial charge in [-0.25, -0.2) is 4.79 Å². The van der Waals surface area contributed by atoms with E-state index < -0.39 is 10.9 Å². The normalized spacial score (nSPS) is 10.3. The van der Waals surface area contributed by atoms with Crippen molar-refractivity contribution in [3.05, 3.63) is 76.2 Å². The van der Waals surface area contributed by atoms with Gasteiger partial charge in [0.15, 0.2) is 6.61 Å². The predicted molar refractivity (Wildman–Crippen MR) is 81.9 cm³/mol. The van der Waals surface area contributed by atoms with Crippen LogP contribution in [0.1, 0.15) is 16.2 Å². The Balaban J connectivity index is 1.70. The number of nitro groups is 1. The zero-order valence-corrected chi connectivity index (χ0v) is 12.3. The average molecular weight is 325 g/mol. The van der Waals surface area contributed by atoms with Crippen LogP contribution < -0.4 is 0 Å². The van der Waals surface area contributed by atoms with Gasteiger partial charge in [0.2, 0.25) is 5.82 Å². The van der Waals surface area contributed by atoms with E-state index >= 15 is 0 Å². The van der Waals surface area contributed by atoms with E-state index in [1.54, 1.807) is 0 Å². The molecule has 0 N–H and O–H groups in total. The maximum atomic E-state index is 12.0. The Hall–Kier alpha value is -3.55. The van der Waals surface area contributed by atoms with Crippen molar-refractivity contribution >= 4 is 11.7 Å².